The number of nitrogens with one attached hydrogen (secondary N) is 1. The summed E-state index contributed by atoms with van der Waals surface area (Å²) in [6.45, 7) is 0.578. The first-order valence-corrected chi connectivity index (χ1v) is 10.4. The van der Waals surface area contributed by atoms with Gasteiger partial charge in [0.15, 0.2) is 0 Å². The summed E-state index contributed by atoms with van der Waals surface area (Å²) in [5.74, 6) is 0.735. The molecule has 0 aromatic carbocycles. The first kappa shape index (κ1) is 17.3. The Labute approximate surface area is 163 Å². The van der Waals surface area contributed by atoms with E-state index in [0.29, 0.717) is 12.6 Å². The predicted molar refractivity (Wildman–Crippen MR) is 105 cm³/mol. The second kappa shape index (κ2) is 6.68. The maximum Gasteiger partial charge on any atom is 0.311 e. The third-order valence-electron chi connectivity index (χ3n) is 5.77. The summed E-state index contributed by atoms with van der Waals surface area (Å²) >= 11 is 0. The van der Waals surface area contributed by atoms with Gasteiger partial charge in [0.1, 0.15) is 5.82 Å². The molecule has 6 rings (SSSR count). The van der Waals surface area contributed by atoms with Crippen molar-refractivity contribution in [1.29, 1.82) is 0 Å². The third kappa shape index (κ3) is 3.06. The van der Waals surface area contributed by atoms with Gasteiger partial charge in [-0.2, -0.15) is 17.9 Å². The lowest BCUT2D eigenvalue weighted by atomic mass is 9.75. The molecule has 0 radical (unpaired) electrons. The van der Waals surface area contributed by atoms with Gasteiger partial charge in [-0.25, -0.2) is 14.5 Å². The van der Waals surface area contributed by atoms with Crippen molar-refractivity contribution in [2.45, 2.75) is 37.3 Å². The van der Waals surface area contributed by atoms with Crippen LogP contribution in [-0.4, -0.2) is 46.2 Å². The quantitative estimate of drug-likeness (QED) is 0.729. The molecule has 3 fully saturated rings. The summed E-state index contributed by atoms with van der Waals surface area (Å²) in [6.07, 6.45) is 7.23. The average Bonchev–Trinajstić information content (AvgIpc) is 3.12. The van der Waals surface area contributed by atoms with Crippen molar-refractivity contribution in [3.05, 3.63) is 48.8 Å². The van der Waals surface area contributed by atoms with E-state index in [0.717, 1.165) is 48.3 Å². The molecule has 1 N–H and O–H groups in total. The number of piperidine rings is 2. The second-order valence-corrected chi connectivity index (χ2v) is 8.12. The number of hydrogen-bond donors (Lipinski definition) is 1. The topological polar surface area (TPSA) is 92.0 Å². The van der Waals surface area contributed by atoms with Gasteiger partial charge < -0.3 is 5.43 Å². The van der Waals surface area contributed by atoms with Crippen LogP contribution in [0.4, 0.5) is 5.82 Å². The predicted octanol–water partition coefficient (Wildman–Crippen LogP) is 2.78. The number of rotatable bonds is 4. The lowest BCUT2D eigenvalue weighted by Crippen LogP contribution is -2.58. The Kier molecular flexibility index (Phi) is 4.13. The van der Waals surface area contributed by atoms with Gasteiger partial charge in [0.05, 0.1) is 22.9 Å². The minimum atomic E-state index is -2.38. The van der Waals surface area contributed by atoms with E-state index in [-0.39, 0.29) is 0 Å². The van der Waals surface area contributed by atoms with Crippen molar-refractivity contribution < 1.29 is 8.42 Å². The normalized spacial score (nSPS) is 24.4. The second-order valence-electron chi connectivity index (χ2n) is 7.50. The number of pyridine rings is 2. The molecule has 2 bridgehead atoms. The number of hydrazine groups is 1. The van der Waals surface area contributed by atoms with Crippen molar-refractivity contribution in [3.63, 3.8) is 0 Å². The molecule has 3 aromatic heterocycles. The van der Waals surface area contributed by atoms with Gasteiger partial charge in [0.25, 0.3) is 0 Å². The van der Waals surface area contributed by atoms with Crippen LogP contribution in [0.2, 0.25) is 0 Å². The van der Waals surface area contributed by atoms with E-state index in [2.05, 4.69) is 19.9 Å². The van der Waals surface area contributed by atoms with Crippen LogP contribution < -0.4 is 5.43 Å². The maximum atomic E-state index is 11.2. The van der Waals surface area contributed by atoms with E-state index in [1.165, 1.54) is 0 Å². The molecule has 1 saturated carbocycles. The van der Waals surface area contributed by atoms with Crippen LogP contribution in [-0.2, 0) is 10.5 Å². The molecule has 28 heavy (non-hydrogen) atoms. The van der Waals surface area contributed by atoms with E-state index in [1.807, 2.05) is 53.3 Å². The fourth-order valence-corrected chi connectivity index (χ4v) is 4.95. The Balaban J connectivity index is 1.42. The standard InChI is InChI=1S/C19H20N6O2S/c26-28(27)23-19-9-7-14(8-10-19)25(13-19)22-18-6-3-4-16(21-18)15-12-20-24-11-2-1-5-17(15)24/h1-6,11-12,14H,7-10,13H2,(H,21,22). The number of fused-ring (bicyclic) bond motifs is 4. The van der Waals surface area contributed by atoms with Crippen LogP contribution in [0, 0.1) is 0 Å². The first-order valence-electron chi connectivity index (χ1n) is 9.37. The van der Waals surface area contributed by atoms with Crippen LogP contribution in [0.25, 0.3) is 16.8 Å². The molecule has 144 valence electrons. The van der Waals surface area contributed by atoms with Crippen molar-refractivity contribution >= 4 is 21.8 Å². The average molecular weight is 396 g/mol. The number of anilines is 1. The molecule has 3 aliphatic rings. The molecular formula is C19H20N6O2S. The van der Waals surface area contributed by atoms with Crippen LogP contribution in [0.5, 0.6) is 0 Å². The van der Waals surface area contributed by atoms with Gasteiger partial charge >= 0.3 is 10.5 Å². The Bertz CT molecular complexity index is 1160. The molecule has 5 heterocycles. The summed E-state index contributed by atoms with van der Waals surface area (Å²) < 4.78 is 28.2. The fraction of sp³-hybridized carbons (Fsp3) is 0.368. The lowest BCUT2D eigenvalue weighted by molar-refractivity contribution is 0.0520. The van der Waals surface area contributed by atoms with Gasteiger partial charge in [0.2, 0.25) is 0 Å². The molecule has 8 nitrogen and oxygen atoms in total. The zero-order valence-electron chi connectivity index (χ0n) is 15.2. The highest BCUT2D eigenvalue weighted by Gasteiger charge is 2.45. The summed E-state index contributed by atoms with van der Waals surface area (Å²) in [5, 5.41) is 6.49. The van der Waals surface area contributed by atoms with Crippen LogP contribution in [0.1, 0.15) is 25.7 Å². The summed E-state index contributed by atoms with van der Waals surface area (Å²) in [7, 11) is -2.38. The summed E-state index contributed by atoms with van der Waals surface area (Å²) in [6, 6.07) is 12.2. The van der Waals surface area contributed by atoms with Crippen molar-refractivity contribution in [1.82, 2.24) is 19.6 Å². The maximum absolute atomic E-state index is 11.2. The molecule has 2 aliphatic heterocycles. The van der Waals surface area contributed by atoms with E-state index in [9.17, 15) is 8.42 Å². The fourth-order valence-electron chi connectivity index (χ4n) is 4.39. The number of nitrogens with zero attached hydrogens (tertiary/aromatic N) is 5. The van der Waals surface area contributed by atoms with Gasteiger partial charge in [0, 0.05) is 24.3 Å². The Morgan fingerprint density at radius 1 is 1.14 bits per heavy atom. The van der Waals surface area contributed by atoms with E-state index in [1.54, 1.807) is 0 Å². The molecule has 1 aliphatic carbocycles. The van der Waals surface area contributed by atoms with Crippen LogP contribution in [0.3, 0.4) is 0 Å². The van der Waals surface area contributed by atoms with Crippen molar-refractivity contribution in [2.75, 3.05) is 12.0 Å². The van der Waals surface area contributed by atoms with Gasteiger partial charge in [-0.3, -0.25) is 0 Å². The Morgan fingerprint density at radius 2 is 2.00 bits per heavy atom. The monoisotopic (exact) mass is 396 g/mol. The number of aromatic nitrogens is 3. The van der Waals surface area contributed by atoms with Crippen LogP contribution >= 0.6 is 0 Å². The lowest BCUT2D eigenvalue weighted by Gasteiger charge is -2.49. The molecule has 3 aromatic rings. The summed E-state index contributed by atoms with van der Waals surface area (Å²) in [4.78, 5) is 4.77. The largest absolute Gasteiger partial charge is 0.311 e. The molecule has 0 unspecified atom stereocenters. The van der Waals surface area contributed by atoms with Gasteiger partial charge in [-0.05, 0) is 49.9 Å². The van der Waals surface area contributed by atoms with Crippen molar-refractivity contribution in [3.8, 4) is 11.3 Å². The number of hydrogen-bond acceptors (Lipinski definition) is 7. The summed E-state index contributed by atoms with van der Waals surface area (Å²) in [5.41, 5.74) is 5.70. The molecule has 0 spiro atoms. The van der Waals surface area contributed by atoms with E-state index in [4.69, 9.17) is 4.98 Å². The Hall–Kier alpha value is -2.78. The third-order valence-corrected chi connectivity index (χ3v) is 6.31. The zero-order valence-corrected chi connectivity index (χ0v) is 16.0. The minimum absolute atomic E-state index is 0.375. The highest BCUT2D eigenvalue weighted by molar-refractivity contribution is 7.61. The zero-order chi connectivity index (χ0) is 19.1. The smallest absolute Gasteiger partial charge is 0.303 e. The minimum Gasteiger partial charge on any atom is -0.303 e. The highest BCUT2D eigenvalue weighted by atomic mass is 32.2. The van der Waals surface area contributed by atoms with E-state index < -0.39 is 16.0 Å². The van der Waals surface area contributed by atoms with Crippen LogP contribution in [0.15, 0.2) is 53.2 Å². The molecule has 2 saturated heterocycles. The molecule has 0 amide bonds. The Morgan fingerprint density at radius 3 is 2.82 bits per heavy atom. The van der Waals surface area contributed by atoms with E-state index >= 15 is 0 Å². The molecular weight excluding hydrogens is 376 g/mol. The van der Waals surface area contributed by atoms with Crippen molar-refractivity contribution in [2.24, 2.45) is 4.36 Å². The van der Waals surface area contributed by atoms with Gasteiger partial charge in [-0.1, -0.05) is 12.1 Å². The SMILES string of the molecule is O=S(=O)=NC12CCC(CC1)N(Nc1cccc(-c3cnn4ccccc34)n1)C2. The molecule has 9 heteroatoms. The highest BCUT2D eigenvalue weighted by Crippen LogP contribution is 2.40. The first-order chi connectivity index (χ1) is 13.6. The van der Waals surface area contributed by atoms with Gasteiger partial charge in [-0.15, -0.1) is 0 Å². The molecule has 0 atom stereocenters.